The van der Waals surface area contributed by atoms with Crippen LogP contribution >= 0.6 is 0 Å². The van der Waals surface area contributed by atoms with Gasteiger partial charge in [-0.2, -0.15) is 0 Å². The van der Waals surface area contributed by atoms with Gasteiger partial charge in [0.2, 0.25) is 5.91 Å². The van der Waals surface area contributed by atoms with E-state index in [1.807, 2.05) is 19.9 Å². The summed E-state index contributed by atoms with van der Waals surface area (Å²) in [6, 6.07) is 8.51. The third-order valence-electron chi connectivity index (χ3n) is 5.00. The lowest BCUT2D eigenvalue weighted by molar-refractivity contribution is -0.132. The Morgan fingerprint density at radius 1 is 1.08 bits per heavy atom. The first-order chi connectivity index (χ1) is 12.4. The van der Waals surface area contributed by atoms with Gasteiger partial charge < -0.3 is 24.6 Å². The maximum atomic E-state index is 12.6. The smallest absolute Gasteiger partial charge is 0.235 e. The van der Waals surface area contributed by atoms with Crippen molar-refractivity contribution in [2.75, 3.05) is 25.7 Å². The Morgan fingerprint density at radius 2 is 1.69 bits per heavy atom. The standard InChI is InChI=1S/C20H23NO5/c1-11-5-6-13(7-16(11)23)19-15(10-22)20(24)21(19)14-8-17(25-3)12(2)18(9-14)26-4/h5-9,15,19,22-23H,10H2,1-4H3/t15-,19+/m0/s1. The summed E-state index contributed by atoms with van der Waals surface area (Å²) in [5.41, 5.74) is 2.99. The molecule has 1 saturated heterocycles. The van der Waals surface area contributed by atoms with Crippen molar-refractivity contribution >= 4 is 11.6 Å². The summed E-state index contributed by atoms with van der Waals surface area (Å²) in [6.45, 7) is 3.43. The highest BCUT2D eigenvalue weighted by Crippen LogP contribution is 2.46. The highest BCUT2D eigenvalue weighted by molar-refractivity contribution is 6.03. The maximum absolute atomic E-state index is 12.6. The highest BCUT2D eigenvalue weighted by atomic mass is 16.5. The lowest BCUT2D eigenvalue weighted by Gasteiger charge is -2.47. The molecule has 2 N–H and O–H groups in total. The largest absolute Gasteiger partial charge is 0.508 e. The fraction of sp³-hybridized carbons (Fsp3) is 0.350. The fourth-order valence-electron chi connectivity index (χ4n) is 3.42. The lowest BCUT2D eigenvalue weighted by atomic mass is 9.82. The number of aliphatic hydroxyl groups is 1. The second-order valence-corrected chi connectivity index (χ2v) is 6.46. The van der Waals surface area contributed by atoms with Gasteiger partial charge in [-0.25, -0.2) is 0 Å². The van der Waals surface area contributed by atoms with Crippen molar-refractivity contribution in [3.63, 3.8) is 0 Å². The van der Waals surface area contributed by atoms with Crippen LogP contribution in [0, 0.1) is 19.8 Å². The summed E-state index contributed by atoms with van der Waals surface area (Å²) < 4.78 is 10.8. The zero-order chi connectivity index (χ0) is 19.0. The zero-order valence-electron chi connectivity index (χ0n) is 15.3. The number of rotatable bonds is 5. The van der Waals surface area contributed by atoms with Crippen LogP contribution in [0.25, 0.3) is 0 Å². The van der Waals surface area contributed by atoms with E-state index in [9.17, 15) is 15.0 Å². The highest BCUT2D eigenvalue weighted by Gasteiger charge is 2.48. The number of phenolic OH excluding ortho intramolecular Hbond substituents is 1. The van der Waals surface area contributed by atoms with Crippen LogP contribution in [0.1, 0.15) is 22.7 Å². The summed E-state index contributed by atoms with van der Waals surface area (Å²) in [5, 5.41) is 19.7. The van der Waals surface area contributed by atoms with Gasteiger partial charge in [-0.1, -0.05) is 12.1 Å². The number of methoxy groups -OCH3 is 2. The van der Waals surface area contributed by atoms with Gasteiger partial charge in [-0.05, 0) is 31.0 Å². The molecule has 138 valence electrons. The van der Waals surface area contributed by atoms with Crippen molar-refractivity contribution in [3.05, 3.63) is 47.0 Å². The molecule has 0 aliphatic carbocycles. The number of phenols is 1. The molecule has 2 aromatic carbocycles. The van der Waals surface area contributed by atoms with Crippen LogP contribution in [0.4, 0.5) is 5.69 Å². The van der Waals surface area contributed by atoms with Crippen LogP contribution in [-0.4, -0.2) is 36.9 Å². The first-order valence-electron chi connectivity index (χ1n) is 8.39. The zero-order valence-corrected chi connectivity index (χ0v) is 15.3. The first kappa shape index (κ1) is 18.1. The second-order valence-electron chi connectivity index (χ2n) is 6.46. The third kappa shape index (κ3) is 2.76. The monoisotopic (exact) mass is 357 g/mol. The molecule has 2 aromatic rings. The summed E-state index contributed by atoms with van der Waals surface area (Å²) in [7, 11) is 3.13. The number of aromatic hydroxyl groups is 1. The predicted molar refractivity (Wildman–Crippen MR) is 97.9 cm³/mol. The number of nitrogens with zero attached hydrogens (tertiary/aromatic N) is 1. The van der Waals surface area contributed by atoms with E-state index >= 15 is 0 Å². The van der Waals surface area contributed by atoms with E-state index in [1.54, 1.807) is 43.4 Å². The Morgan fingerprint density at radius 3 is 2.19 bits per heavy atom. The predicted octanol–water partition coefficient (Wildman–Crippen LogP) is 2.72. The number of benzene rings is 2. The van der Waals surface area contributed by atoms with Crippen LogP contribution in [0.3, 0.4) is 0 Å². The van der Waals surface area contributed by atoms with E-state index in [1.165, 1.54) is 0 Å². The van der Waals surface area contributed by atoms with E-state index in [-0.39, 0.29) is 24.3 Å². The molecule has 1 amide bonds. The van der Waals surface area contributed by atoms with Crippen LogP contribution in [0.2, 0.25) is 0 Å². The number of anilines is 1. The molecule has 6 nitrogen and oxygen atoms in total. The van der Waals surface area contributed by atoms with Gasteiger partial charge >= 0.3 is 0 Å². The third-order valence-corrected chi connectivity index (χ3v) is 5.00. The molecule has 0 bridgehead atoms. The molecule has 1 aliphatic heterocycles. The SMILES string of the molecule is COc1cc(N2C(=O)[C@@H](CO)[C@H]2c2ccc(C)c(O)c2)cc(OC)c1C. The van der Waals surface area contributed by atoms with Gasteiger partial charge in [0, 0.05) is 17.7 Å². The molecule has 26 heavy (non-hydrogen) atoms. The number of hydrogen-bond donors (Lipinski definition) is 2. The Kier molecular flexibility index (Phi) is 4.78. The molecule has 0 aromatic heterocycles. The van der Waals surface area contributed by atoms with Crippen molar-refractivity contribution in [2.45, 2.75) is 19.9 Å². The average Bonchev–Trinajstić information content (AvgIpc) is 2.63. The van der Waals surface area contributed by atoms with E-state index in [0.29, 0.717) is 17.2 Å². The Balaban J connectivity index is 2.07. The molecule has 0 unspecified atom stereocenters. The van der Waals surface area contributed by atoms with Crippen molar-refractivity contribution in [2.24, 2.45) is 5.92 Å². The Bertz CT molecular complexity index is 823. The van der Waals surface area contributed by atoms with E-state index in [0.717, 1.165) is 16.7 Å². The Hall–Kier alpha value is -2.73. The normalized spacial score (nSPS) is 19.3. The summed E-state index contributed by atoms with van der Waals surface area (Å²) in [4.78, 5) is 14.2. The molecule has 3 rings (SSSR count). The molecule has 1 heterocycles. The lowest BCUT2D eigenvalue weighted by Crippen LogP contribution is -2.56. The average molecular weight is 357 g/mol. The molecule has 1 fully saturated rings. The Labute approximate surface area is 152 Å². The molecule has 0 spiro atoms. The number of ether oxygens (including phenoxy) is 2. The number of carbonyl (C=O) groups is 1. The van der Waals surface area contributed by atoms with Crippen molar-refractivity contribution in [1.82, 2.24) is 0 Å². The van der Waals surface area contributed by atoms with Crippen molar-refractivity contribution < 1.29 is 24.5 Å². The number of amides is 1. The topological polar surface area (TPSA) is 79.2 Å². The van der Waals surface area contributed by atoms with E-state index in [2.05, 4.69) is 0 Å². The van der Waals surface area contributed by atoms with Crippen LogP contribution in [0.15, 0.2) is 30.3 Å². The summed E-state index contributed by atoms with van der Waals surface area (Å²) in [5.74, 6) is 0.675. The van der Waals surface area contributed by atoms with Gasteiger partial charge in [-0.15, -0.1) is 0 Å². The fourth-order valence-corrected chi connectivity index (χ4v) is 3.42. The minimum atomic E-state index is -0.546. The van der Waals surface area contributed by atoms with Crippen LogP contribution in [-0.2, 0) is 4.79 Å². The first-order valence-corrected chi connectivity index (χ1v) is 8.39. The van der Waals surface area contributed by atoms with Gasteiger partial charge in [0.05, 0.1) is 38.5 Å². The molecule has 2 atom stereocenters. The molecule has 6 heteroatoms. The van der Waals surface area contributed by atoms with Crippen LogP contribution in [0.5, 0.6) is 17.2 Å². The molecule has 0 saturated carbocycles. The van der Waals surface area contributed by atoms with Crippen LogP contribution < -0.4 is 14.4 Å². The van der Waals surface area contributed by atoms with Gasteiger partial charge in [-0.3, -0.25) is 4.79 Å². The van der Waals surface area contributed by atoms with Crippen molar-refractivity contribution in [1.29, 1.82) is 0 Å². The van der Waals surface area contributed by atoms with Gasteiger partial charge in [0.15, 0.2) is 0 Å². The molecule has 1 aliphatic rings. The number of carbonyl (C=O) groups excluding carboxylic acids is 1. The number of hydrogen-bond acceptors (Lipinski definition) is 5. The molecular formula is C20H23NO5. The summed E-state index contributed by atoms with van der Waals surface area (Å²) in [6.07, 6.45) is 0. The van der Waals surface area contributed by atoms with Gasteiger partial charge in [0.1, 0.15) is 17.2 Å². The quantitative estimate of drug-likeness (QED) is 0.805. The minimum Gasteiger partial charge on any atom is -0.508 e. The number of aliphatic hydroxyl groups excluding tert-OH is 1. The van der Waals surface area contributed by atoms with E-state index < -0.39 is 5.92 Å². The summed E-state index contributed by atoms with van der Waals surface area (Å²) >= 11 is 0. The maximum Gasteiger partial charge on any atom is 0.235 e. The minimum absolute atomic E-state index is 0.164. The number of aryl methyl sites for hydroxylation is 1. The van der Waals surface area contributed by atoms with Crippen molar-refractivity contribution in [3.8, 4) is 17.2 Å². The van der Waals surface area contributed by atoms with Gasteiger partial charge in [0.25, 0.3) is 0 Å². The molecule has 0 radical (unpaired) electrons. The second kappa shape index (κ2) is 6.88. The molecular weight excluding hydrogens is 334 g/mol. The number of β-lactam (4-membered cyclic amide) rings is 1. The van der Waals surface area contributed by atoms with E-state index in [4.69, 9.17) is 9.47 Å².